The second-order valence-corrected chi connectivity index (χ2v) is 6.45. The molecule has 1 amide bonds. The number of hydrogen-bond acceptors (Lipinski definition) is 5. The van der Waals surface area contributed by atoms with E-state index in [1.54, 1.807) is 10.3 Å². The number of carbonyl (C=O) groups is 1. The van der Waals surface area contributed by atoms with Crippen LogP contribution in [0.25, 0.3) is 10.6 Å². The summed E-state index contributed by atoms with van der Waals surface area (Å²) in [6.07, 6.45) is -0.252. The third-order valence-electron chi connectivity index (χ3n) is 3.35. The Balaban J connectivity index is 1.72. The number of aromatic nitrogens is 1. The molecule has 1 saturated heterocycles. The predicted molar refractivity (Wildman–Crippen MR) is 85.2 cm³/mol. The number of amides is 1. The van der Waals surface area contributed by atoms with Gasteiger partial charge in [0.1, 0.15) is 16.5 Å². The van der Waals surface area contributed by atoms with Crippen LogP contribution in [-0.2, 0) is 0 Å². The molecule has 0 saturated carbocycles. The van der Waals surface area contributed by atoms with Crippen molar-refractivity contribution in [2.45, 2.75) is 26.1 Å². The smallest absolute Gasteiger partial charge is 0.273 e. The number of aliphatic hydroxyl groups is 1. The molecule has 0 spiro atoms. The quantitative estimate of drug-likeness (QED) is 0.940. The highest BCUT2D eigenvalue weighted by atomic mass is 32.1. The van der Waals surface area contributed by atoms with Crippen LogP contribution in [0.2, 0.25) is 0 Å². The molecule has 116 valence electrons. The van der Waals surface area contributed by atoms with Crippen LogP contribution in [0, 0.1) is 0 Å². The van der Waals surface area contributed by atoms with Gasteiger partial charge >= 0.3 is 0 Å². The normalized spacial score (nSPS) is 15.0. The molecule has 6 heteroatoms. The minimum Gasteiger partial charge on any atom is -0.491 e. The molecule has 1 N–H and O–H groups in total. The largest absolute Gasteiger partial charge is 0.491 e. The zero-order valence-corrected chi connectivity index (χ0v) is 13.3. The maximum atomic E-state index is 12.1. The molecule has 1 aliphatic rings. The number of thiazole rings is 1. The van der Waals surface area contributed by atoms with E-state index in [0.717, 1.165) is 16.3 Å². The second-order valence-electron chi connectivity index (χ2n) is 5.59. The summed E-state index contributed by atoms with van der Waals surface area (Å²) in [5, 5.41) is 11.8. The van der Waals surface area contributed by atoms with Gasteiger partial charge in [-0.2, -0.15) is 0 Å². The van der Waals surface area contributed by atoms with Gasteiger partial charge in [0.25, 0.3) is 5.91 Å². The fourth-order valence-corrected chi connectivity index (χ4v) is 3.04. The summed E-state index contributed by atoms with van der Waals surface area (Å²) in [7, 11) is 0. The van der Waals surface area contributed by atoms with Crippen LogP contribution in [0.4, 0.5) is 0 Å². The van der Waals surface area contributed by atoms with Crippen molar-refractivity contribution in [2.75, 3.05) is 13.1 Å². The lowest BCUT2D eigenvalue weighted by Gasteiger charge is -2.35. The highest BCUT2D eigenvalue weighted by molar-refractivity contribution is 7.13. The number of rotatable bonds is 4. The van der Waals surface area contributed by atoms with Gasteiger partial charge < -0.3 is 14.7 Å². The number of ether oxygens (including phenoxy) is 1. The lowest BCUT2D eigenvalue weighted by atomic mass is 10.1. The number of hydrogen-bond donors (Lipinski definition) is 1. The highest BCUT2D eigenvalue weighted by Crippen LogP contribution is 2.27. The third kappa shape index (κ3) is 3.13. The Hall–Kier alpha value is -1.92. The van der Waals surface area contributed by atoms with E-state index in [4.69, 9.17) is 4.74 Å². The first kappa shape index (κ1) is 15.0. The standard InChI is InChI=1S/C16H18N2O3S/c1-10(2)21-13-5-3-11(4-6-13)15-17-14(9-22-15)16(20)18-7-12(19)8-18/h3-6,9-10,12,19H,7-8H2,1-2H3. The van der Waals surface area contributed by atoms with Gasteiger partial charge in [-0.15, -0.1) is 11.3 Å². The molecule has 0 atom stereocenters. The van der Waals surface area contributed by atoms with Crippen molar-refractivity contribution < 1.29 is 14.6 Å². The molecule has 1 aromatic carbocycles. The first-order valence-electron chi connectivity index (χ1n) is 7.23. The average Bonchev–Trinajstić information content (AvgIpc) is 2.93. The van der Waals surface area contributed by atoms with E-state index in [1.165, 1.54) is 11.3 Å². The first-order chi connectivity index (χ1) is 10.5. The maximum Gasteiger partial charge on any atom is 0.273 e. The van der Waals surface area contributed by atoms with Gasteiger partial charge in [0.15, 0.2) is 0 Å². The van der Waals surface area contributed by atoms with E-state index in [9.17, 15) is 9.90 Å². The van der Waals surface area contributed by atoms with Crippen LogP contribution in [0.3, 0.4) is 0 Å². The number of aliphatic hydroxyl groups excluding tert-OH is 1. The van der Waals surface area contributed by atoms with Crippen LogP contribution in [0.15, 0.2) is 29.6 Å². The lowest BCUT2D eigenvalue weighted by molar-refractivity contribution is 0.00556. The molecule has 5 nitrogen and oxygen atoms in total. The van der Waals surface area contributed by atoms with Gasteiger partial charge in [-0.05, 0) is 38.1 Å². The first-order valence-corrected chi connectivity index (χ1v) is 8.11. The molecule has 1 fully saturated rings. The SMILES string of the molecule is CC(C)Oc1ccc(-c2nc(C(=O)N3CC(O)C3)cs2)cc1. The fraction of sp³-hybridized carbons (Fsp3) is 0.375. The summed E-state index contributed by atoms with van der Waals surface area (Å²) in [6.45, 7) is 4.76. The predicted octanol–water partition coefficient (Wildman–Crippen LogP) is 2.41. The number of likely N-dealkylation sites (tertiary alicyclic amines) is 1. The van der Waals surface area contributed by atoms with E-state index < -0.39 is 6.10 Å². The van der Waals surface area contributed by atoms with Gasteiger partial charge in [0.2, 0.25) is 0 Å². The topological polar surface area (TPSA) is 62.7 Å². The van der Waals surface area contributed by atoms with E-state index >= 15 is 0 Å². The van der Waals surface area contributed by atoms with Crippen molar-refractivity contribution in [3.05, 3.63) is 35.3 Å². The Kier molecular flexibility index (Phi) is 4.13. The molecule has 1 aromatic heterocycles. The molecule has 0 bridgehead atoms. The third-order valence-corrected chi connectivity index (χ3v) is 4.24. The summed E-state index contributed by atoms with van der Waals surface area (Å²) in [5.41, 5.74) is 1.40. The van der Waals surface area contributed by atoms with Gasteiger partial charge in [0.05, 0.1) is 12.2 Å². The van der Waals surface area contributed by atoms with Crippen LogP contribution < -0.4 is 4.74 Å². The van der Waals surface area contributed by atoms with Crippen molar-refractivity contribution in [1.82, 2.24) is 9.88 Å². The van der Waals surface area contributed by atoms with Crippen LogP contribution in [0.1, 0.15) is 24.3 Å². The average molecular weight is 318 g/mol. The van der Waals surface area contributed by atoms with Crippen molar-refractivity contribution >= 4 is 17.2 Å². The molecule has 2 heterocycles. The molecule has 0 aliphatic carbocycles. The summed E-state index contributed by atoms with van der Waals surface area (Å²) in [4.78, 5) is 18.1. The summed E-state index contributed by atoms with van der Waals surface area (Å²) < 4.78 is 5.61. The van der Waals surface area contributed by atoms with Crippen molar-refractivity contribution in [3.8, 4) is 16.3 Å². The van der Waals surface area contributed by atoms with E-state index in [0.29, 0.717) is 18.8 Å². The molecule has 1 aliphatic heterocycles. The van der Waals surface area contributed by atoms with Gasteiger partial charge in [0, 0.05) is 24.0 Å². The Morgan fingerprint density at radius 3 is 2.64 bits per heavy atom. The van der Waals surface area contributed by atoms with Gasteiger partial charge in [-0.1, -0.05) is 0 Å². The molecule has 22 heavy (non-hydrogen) atoms. The molecule has 2 aromatic rings. The Labute approximate surface area is 133 Å². The zero-order chi connectivity index (χ0) is 15.7. The van der Waals surface area contributed by atoms with E-state index in [2.05, 4.69) is 4.98 Å². The Bertz CT molecular complexity index is 660. The Morgan fingerprint density at radius 1 is 1.36 bits per heavy atom. The summed E-state index contributed by atoms with van der Waals surface area (Å²) in [5.74, 6) is 0.703. The Morgan fingerprint density at radius 2 is 2.05 bits per heavy atom. The van der Waals surface area contributed by atoms with Crippen molar-refractivity contribution in [3.63, 3.8) is 0 Å². The molecular weight excluding hydrogens is 300 g/mol. The number of carbonyl (C=O) groups excluding carboxylic acids is 1. The number of nitrogens with zero attached hydrogens (tertiary/aromatic N) is 2. The summed E-state index contributed by atoms with van der Waals surface area (Å²) in [6, 6.07) is 7.70. The van der Waals surface area contributed by atoms with E-state index in [-0.39, 0.29) is 12.0 Å². The monoisotopic (exact) mass is 318 g/mol. The molecular formula is C16H18N2O3S. The van der Waals surface area contributed by atoms with Gasteiger partial charge in [-0.3, -0.25) is 4.79 Å². The summed E-state index contributed by atoms with van der Waals surface area (Å²) >= 11 is 1.44. The number of benzene rings is 1. The molecule has 0 radical (unpaired) electrons. The minimum atomic E-state index is -0.393. The number of β-amino-alcohol motifs (C(OH)–C–C–N with tert-alkyl or cyclic N) is 1. The molecule has 3 rings (SSSR count). The van der Waals surface area contributed by atoms with Crippen LogP contribution >= 0.6 is 11.3 Å². The van der Waals surface area contributed by atoms with Crippen LogP contribution in [-0.4, -0.2) is 46.2 Å². The maximum absolute atomic E-state index is 12.1. The second kappa shape index (κ2) is 6.06. The lowest BCUT2D eigenvalue weighted by Crippen LogP contribution is -2.53. The van der Waals surface area contributed by atoms with Gasteiger partial charge in [-0.25, -0.2) is 4.98 Å². The highest BCUT2D eigenvalue weighted by Gasteiger charge is 2.30. The fourth-order valence-electron chi connectivity index (χ4n) is 2.24. The zero-order valence-electron chi connectivity index (χ0n) is 12.5. The molecule has 0 unspecified atom stereocenters. The minimum absolute atomic E-state index is 0.118. The van der Waals surface area contributed by atoms with Crippen molar-refractivity contribution in [1.29, 1.82) is 0 Å². The van der Waals surface area contributed by atoms with E-state index in [1.807, 2.05) is 38.1 Å². The van der Waals surface area contributed by atoms with Crippen LogP contribution in [0.5, 0.6) is 5.75 Å². The van der Waals surface area contributed by atoms with Crippen molar-refractivity contribution in [2.24, 2.45) is 0 Å².